The molecular formula is C20H23N3O4S. The number of rotatable bonds is 7. The number of nitro benzene ring substituents is 1. The molecule has 1 atom stereocenters. The molecule has 1 N–H and O–H groups in total. The maximum atomic E-state index is 12.6. The van der Waals surface area contributed by atoms with Crippen LogP contribution in [0.2, 0.25) is 0 Å². The van der Waals surface area contributed by atoms with Gasteiger partial charge in [-0.3, -0.25) is 19.7 Å². The Balaban J connectivity index is 1.93. The number of para-hydroxylation sites is 1. The van der Waals surface area contributed by atoms with Crippen molar-refractivity contribution in [3.05, 3.63) is 63.7 Å². The van der Waals surface area contributed by atoms with Gasteiger partial charge in [0.15, 0.2) is 0 Å². The van der Waals surface area contributed by atoms with Crippen molar-refractivity contribution < 1.29 is 14.5 Å². The SMILES string of the molecule is Cc1cccc(C)c1NC(=O)CN(C)C(=O)C(C)Sc1ccc([N+](=O)[O-])cc1. The quantitative estimate of drug-likeness (QED) is 0.433. The predicted octanol–water partition coefficient (Wildman–Crippen LogP) is 3.79. The average molecular weight is 401 g/mol. The third kappa shape index (κ3) is 5.56. The van der Waals surface area contributed by atoms with E-state index in [-0.39, 0.29) is 24.0 Å². The van der Waals surface area contributed by atoms with E-state index in [0.29, 0.717) is 0 Å². The van der Waals surface area contributed by atoms with Crippen LogP contribution in [0.15, 0.2) is 47.4 Å². The molecule has 2 aromatic rings. The molecule has 7 nitrogen and oxygen atoms in total. The van der Waals surface area contributed by atoms with Crippen molar-refractivity contribution in [3.63, 3.8) is 0 Å². The molecule has 1 unspecified atom stereocenters. The lowest BCUT2D eigenvalue weighted by molar-refractivity contribution is -0.384. The van der Waals surface area contributed by atoms with Gasteiger partial charge in [-0.25, -0.2) is 0 Å². The molecule has 0 aliphatic heterocycles. The molecule has 0 aliphatic carbocycles. The molecule has 0 radical (unpaired) electrons. The van der Waals surface area contributed by atoms with E-state index in [9.17, 15) is 19.7 Å². The summed E-state index contributed by atoms with van der Waals surface area (Å²) in [5, 5.41) is 13.1. The highest BCUT2D eigenvalue weighted by atomic mass is 32.2. The minimum Gasteiger partial charge on any atom is -0.335 e. The summed E-state index contributed by atoms with van der Waals surface area (Å²) in [4.78, 5) is 37.3. The van der Waals surface area contributed by atoms with Crippen LogP contribution in [0.5, 0.6) is 0 Å². The van der Waals surface area contributed by atoms with Crippen LogP contribution in [0.1, 0.15) is 18.1 Å². The van der Waals surface area contributed by atoms with Gasteiger partial charge in [-0.15, -0.1) is 11.8 Å². The number of non-ortho nitro benzene ring substituents is 1. The molecular weight excluding hydrogens is 378 g/mol. The van der Waals surface area contributed by atoms with Gasteiger partial charge in [0.1, 0.15) is 0 Å². The molecule has 148 valence electrons. The Morgan fingerprint density at radius 3 is 2.25 bits per heavy atom. The van der Waals surface area contributed by atoms with Crippen LogP contribution in [0, 0.1) is 24.0 Å². The Morgan fingerprint density at radius 2 is 1.71 bits per heavy atom. The van der Waals surface area contributed by atoms with E-state index in [1.165, 1.54) is 28.8 Å². The third-order valence-electron chi connectivity index (χ3n) is 4.21. The van der Waals surface area contributed by atoms with Gasteiger partial charge < -0.3 is 10.2 Å². The predicted molar refractivity (Wildman–Crippen MR) is 111 cm³/mol. The zero-order valence-corrected chi connectivity index (χ0v) is 17.1. The highest BCUT2D eigenvalue weighted by Gasteiger charge is 2.21. The van der Waals surface area contributed by atoms with Crippen molar-refractivity contribution in [3.8, 4) is 0 Å². The second-order valence-corrected chi connectivity index (χ2v) is 7.93. The number of nitro groups is 1. The van der Waals surface area contributed by atoms with Crippen LogP contribution in [0.3, 0.4) is 0 Å². The third-order valence-corrected chi connectivity index (χ3v) is 5.31. The number of hydrogen-bond acceptors (Lipinski definition) is 5. The molecule has 0 fully saturated rings. The fraction of sp³-hybridized carbons (Fsp3) is 0.300. The normalized spacial score (nSPS) is 11.6. The Labute approximate surface area is 168 Å². The summed E-state index contributed by atoms with van der Waals surface area (Å²) in [5.41, 5.74) is 2.69. The monoisotopic (exact) mass is 401 g/mol. The van der Waals surface area contributed by atoms with Crippen molar-refractivity contribution in [1.82, 2.24) is 4.90 Å². The van der Waals surface area contributed by atoms with Crippen molar-refractivity contribution in [2.45, 2.75) is 30.9 Å². The van der Waals surface area contributed by atoms with E-state index in [4.69, 9.17) is 0 Å². The first-order valence-corrected chi connectivity index (χ1v) is 9.59. The summed E-state index contributed by atoms with van der Waals surface area (Å²) in [6.45, 7) is 5.52. The Morgan fingerprint density at radius 1 is 1.14 bits per heavy atom. The fourth-order valence-electron chi connectivity index (χ4n) is 2.70. The first-order valence-electron chi connectivity index (χ1n) is 8.71. The zero-order chi connectivity index (χ0) is 20.8. The maximum absolute atomic E-state index is 12.6. The number of thioether (sulfide) groups is 1. The molecule has 0 bridgehead atoms. The molecule has 28 heavy (non-hydrogen) atoms. The molecule has 0 aromatic heterocycles. The number of anilines is 1. The van der Waals surface area contributed by atoms with Gasteiger partial charge in [0.25, 0.3) is 5.69 Å². The Hall–Kier alpha value is -2.87. The number of carbonyl (C=O) groups is 2. The van der Waals surface area contributed by atoms with Gasteiger partial charge in [0.2, 0.25) is 11.8 Å². The summed E-state index contributed by atoms with van der Waals surface area (Å²) >= 11 is 1.29. The van der Waals surface area contributed by atoms with Gasteiger partial charge in [-0.2, -0.15) is 0 Å². The standard InChI is InChI=1S/C20H23N3O4S/c1-13-6-5-7-14(2)19(13)21-18(24)12-22(4)20(25)15(3)28-17-10-8-16(9-11-17)23(26)27/h5-11,15H,12H2,1-4H3,(H,21,24). The number of benzene rings is 2. The largest absolute Gasteiger partial charge is 0.335 e. The highest BCUT2D eigenvalue weighted by molar-refractivity contribution is 8.00. The van der Waals surface area contributed by atoms with E-state index in [1.807, 2.05) is 32.0 Å². The van der Waals surface area contributed by atoms with Crippen molar-refractivity contribution >= 4 is 35.0 Å². The first kappa shape index (κ1) is 21.4. The average Bonchev–Trinajstić information content (AvgIpc) is 2.64. The molecule has 2 aromatic carbocycles. The Kier molecular flexibility index (Phi) is 7.17. The number of amides is 2. The van der Waals surface area contributed by atoms with Crippen LogP contribution in [-0.4, -0.2) is 40.5 Å². The molecule has 2 amide bonds. The molecule has 8 heteroatoms. The van der Waals surface area contributed by atoms with Gasteiger partial charge in [0.05, 0.1) is 16.7 Å². The molecule has 0 saturated carbocycles. The second-order valence-electron chi connectivity index (χ2n) is 6.52. The van der Waals surface area contributed by atoms with Gasteiger partial charge >= 0.3 is 0 Å². The van der Waals surface area contributed by atoms with Gasteiger partial charge in [-0.05, 0) is 44.0 Å². The van der Waals surface area contributed by atoms with Gasteiger partial charge in [0, 0.05) is 29.8 Å². The highest BCUT2D eigenvalue weighted by Crippen LogP contribution is 2.26. The maximum Gasteiger partial charge on any atom is 0.269 e. The molecule has 0 saturated heterocycles. The summed E-state index contributed by atoms with van der Waals surface area (Å²) in [6.07, 6.45) is 0. The van der Waals surface area contributed by atoms with Crippen LogP contribution in [0.4, 0.5) is 11.4 Å². The lowest BCUT2D eigenvalue weighted by Crippen LogP contribution is -2.39. The topological polar surface area (TPSA) is 92.6 Å². The Bertz CT molecular complexity index is 863. The lowest BCUT2D eigenvalue weighted by Gasteiger charge is -2.21. The second kappa shape index (κ2) is 9.36. The van der Waals surface area contributed by atoms with Crippen molar-refractivity contribution in [2.24, 2.45) is 0 Å². The summed E-state index contributed by atoms with van der Waals surface area (Å²) < 4.78 is 0. The van der Waals surface area contributed by atoms with E-state index < -0.39 is 10.2 Å². The van der Waals surface area contributed by atoms with Gasteiger partial charge in [-0.1, -0.05) is 18.2 Å². The minimum atomic E-state index is -0.467. The smallest absolute Gasteiger partial charge is 0.269 e. The van der Waals surface area contributed by atoms with Crippen LogP contribution < -0.4 is 5.32 Å². The molecule has 0 aliphatic rings. The summed E-state index contributed by atoms with van der Waals surface area (Å²) in [5.74, 6) is -0.458. The van der Waals surface area contributed by atoms with E-state index in [0.717, 1.165) is 21.7 Å². The summed E-state index contributed by atoms with van der Waals surface area (Å²) in [6, 6.07) is 11.8. The van der Waals surface area contributed by atoms with E-state index in [2.05, 4.69) is 5.32 Å². The summed E-state index contributed by atoms with van der Waals surface area (Å²) in [7, 11) is 1.58. The number of aryl methyl sites for hydroxylation is 2. The van der Waals surface area contributed by atoms with Crippen LogP contribution >= 0.6 is 11.8 Å². The number of nitrogens with one attached hydrogen (secondary N) is 1. The molecule has 0 spiro atoms. The number of carbonyl (C=O) groups excluding carboxylic acids is 2. The van der Waals surface area contributed by atoms with Crippen LogP contribution in [-0.2, 0) is 9.59 Å². The number of nitrogens with zero attached hydrogens (tertiary/aromatic N) is 2. The molecule has 2 rings (SSSR count). The van der Waals surface area contributed by atoms with Crippen molar-refractivity contribution in [1.29, 1.82) is 0 Å². The zero-order valence-electron chi connectivity index (χ0n) is 16.3. The molecule has 0 heterocycles. The number of hydrogen-bond donors (Lipinski definition) is 1. The lowest BCUT2D eigenvalue weighted by atomic mass is 10.1. The van der Waals surface area contributed by atoms with E-state index >= 15 is 0 Å². The fourth-order valence-corrected chi connectivity index (χ4v) is 3.68. The minimum absolute atomic E-state index is 0.00335. The van der Waals surface area contributed by atoms with E-state index in [1.54, 1.807) is 26.1 Å². The first-order chi connectivity index (χ1) is 13.2. The van der Waals surface area contributed by atoms with Crippen molar-refractivity contribution in [2.75, 3.05) is 18.9 Å². The van der Waals surface area contributed by atoms with Crippen LogP contribution in [0.25, 0.3) is 0 Å². The number of likely N-dealkylation sites (N-methyl/N-ethyl adjacent to an activating group) is 1.